The maximum atomic E-state index is 6.07. The summed E-state index contributed by atoms with van der Waals surface area (Å²) in [6, 6.07) is 15.8. The maximum Gasteiger partial charge on any atom is 0.237 e. The minimum Gasteiger partial charge on any atom is -0.496 e. The highest BCUT2D eigenvalue weighted by molar-refractivity contribution is 5.74. The molecular weight excluding hydrogens is 300 g/mol. The average Bonchev–Trinajstić information content (AvgIpc) is 2.54. The van der Waals surface area contributed by atoms with Crippen LogP contribution in [0.15, 0.2) is 48.5 Å². The molecule has 3 aromatic rings. The number of benzene rings is 2. The van der Waals surface area contributed by atoms with E-state index in [1.165, 1.54) is 0 Å². The molecule has 124 valence electrons. The molecule has 0 fully saturated rings. The van der Waals surface area contributed by atoms with E-state index in [4.69, 9.17) is 14.5 Å². The Morgan fingerprint density at radius 1 is 0.875 bits per heavy atom. The summed E-state index contributed by atoms with van der Waals surface area (Å²) in [6.07, 6.45) is 0.604. The summed E-state index contributed by atoms with van der Waals surface area (Å²) in [5, 5.41) is 0. The molecule has 0 amide bonds. The molecule has 0 unspecified atom stereocenters. The molecule has 3 rings (SSSR count). The van der Waals surface area contributed by atoms with Gasteiger partial charge in [-0.1, -0.05) is 30.3 Å². The highest BCUT2D eigenvalue weighted by atomic mass is 16.5. The van der Waals surface area contributed by atoms with Gasteiger partial charge in [0.05, 0.1) is 18.1 Å². The van der Waals surface area contributed by atoms with Crippen molar-refractivity contribution in [2.45, 2.75) is 32.8 Å². The molecule has 24 heavy (non-hydrogen) atoms. The molecule has 0 bridgehead atoms. The number of ether oxygens (including phenoxy) is 2. The van der Waals surface area contributed by atoms with Gasteiger partial charge in [0, 0.05) is 12.0 Å². The van der Waals surface area contributed by atoms with Crippen molar-refractivity contribution in [3.8, 4) is 11.6 Å². The van der Waals surface area contributed by atoms with Crippen LogP contribution < -0.4 is 9.47 Å². The van der Waals surface area contributed by atoms with Crippen LogP contribution in [0.1, 0.15) is 32.0 Å². The number of methoxy groups -OCH3 is 1. The van der Waals surface area contributed by atoms with Crippen molar-refractivity contribution in [1.82, 2.24) is 9.97 Å². The molecule has 4 nitrogen and oxygen atoms in total. The van der Waals surface area contributed by atoms with Crippen LogP contribution in [0.3, 0.4) is 0 Å². The number of fused-ring (bicyclic) bond motifs is 1. The molecule has 1 heterocycles. The summed E-state index contributed by atoms with van der Waals surface area (Å²) in [7, 11) is 1.68. The molecule has 0 saturated heterocycles. The van der Waals surface area contributed by atoms with Gasteiger partial charge in [0.1, 0.15) is 17.0 Å². The van der Waals surface area contributed by atoms with E-state index in [2.05, 4.69) is 4.98 Å². The van der Waals surface area contributed by atoms with Crippen molar-refractivity contribution < 1.29 is 9.47 Å². The minimum absolute atomic E-state index is 0.341. The summed E-state index contributed by atoms with van der Waals surface area (Å²) in [4.78, 5) is 9.47. The second-order valence-electron chi connectivity index (χ2n) is 6.67. The number of hydrogen-bond acceptors (Lipinski definition) is 4. The Morgan fingerprint density at radius 3 is 2.17 bits per heavy atom. The third-order valence-electron chi connectivity index (χ3n) is 3.56. The molecule has 1 aromatic heterocycles. The van der Waals surface area contributed by atoms with Crippen LogP contribution in [0.2, 0.25) is 0 Å². The molecule has 4 heteroatoms. The lowest BCUT2D eigenvalue weighted by Crippen LogP contribution is -2.24. The van der Waals surface area contributed by atoms with Gasteiger partial charge < -0.3 is 9.47 Å². The van der Waals surface area contributed by atoms with Crippen LogP contribution in [0, 0.1) is 0 Å². The normalized spacial score (nSPS) is 11.5. The molecular formula is C20H22N2O2. The minimum atomic E-state index is -0.341. The van der Waals surface area contributed by atoms with E-state index in [1.54, 1.807) is 7.11 Å². The highest BCUT2D eigenvalue weighted by Crippen LogP contribution is 2.27. The molecule has 0 radical (unpaired) electrons. The summed E-state index contributed by atoms with van der Waals surface area (Å²) >= 11 is 0. The van der Waals surface area contributed by atoms with E-state index < -0.39 is 0 Å². The lowest BCUT2D eigenvalue weighted by atomic mass is 10.1. The lowest BCUT2D eigenvalue weighted by molar-refractivity contribution is 0.122. The zero-order valence-corrected chi connectivity index (χ0v) is 14.5. The van der Waals surface area contributed by atoms with Gasteiger partial charge in [-0.3, -0.25) is 0 Å². The average molecular weight is 322 g/mol. The van der Waals surface area contributed by atoms with Crippen molar-refractivity contribution in [1.29, 1.82) is 0 Å². The first kappa shape index (κ1) is 16.2. The van der Waals surface area contributed by atoms with Crippen molar-refractivity contribution in [2.24, 2.45) is 0 Å². The summed E-state index contributed by atoms with van der Waals surface area (Å²) < 4.78 is 11.5. The monoisotopic (exact) mass is 322 g/mol. The standard InChI is InChI=1S/C20H22N2O2/c1-20(2,3)24-19-17(13-14-9-5-8-12-18(14)23-4)21-15-10-6-7-11-16(15)22-19/h5-12H,13H2,1-4H3. The molecule has 0 aliphatic rings. The van der Waals surface area contributed by atoms with E-state index in [-0.39, 0.29) is 5.60 Å². The second-order valence-corrected chi connectivity index (χ2v) is 6.67. The van der Waals surface area contributed by atoms with Crippen molar-refractivity contribution >= 4 is 11.0 Å². The van der Waals surface area contributed by atoms with Crippen molar-refractivity contribution in [3.05, 3.63) is 59.8 Å². The quantitative estimate of drug-likeness (QED) is 0.714. The van der Waals surface area contributed by atoms with E-state index in [0.717, 1.165) is 28.0 Å². The fourth-order valence-corrected chi connectivity index (χ4v) is 2.54. The molecule has 2 aromatic carbocycles. The molecule has 0 saturated carbocycles. The first-order valence-electron chi connectivity index (χ1n) is 8.03. The van der Waals surface area contributed by atoms with Crippen molar-refractivity contribution in [3.63, 3.8) is 0 Å². The predicted molar refractivity (Wildman–Crippen MR) is 95.7 cm³/mol. The Kier molecular flexibility index (Phi) is 4.38. The fourth-order valence-electron chi connectivity index (χ4n) is 2.54. The Labute approximate surface area is 142 Å². The summed E-state index contributed by atoms with van der Waals surface area (Å²) in [5.41, 5.74) is 3.23. The number of para-hydroxylation sites is 3. The molecule has 0 atom stereocenters. The van der Waals surface area contributed by atoms with E-state index in [9.17, 15) is 0 Å². The van der Waals surface area contributed by atoms with Crippen LogP contribution >= 0.6 is 0 Å². The maximum absolute atomic E-state index is 6.07. The van der Waals surface area contributed by atoms with Crippen LogP contribution in [-0.2, 0) is 6.42 Å². The number of nitrogens with zero attached hydrogens (tertiary/aromatic N) is 2. The first-order chi connectivity index (χ1) is 11.5. The second kappa shape index (κ2) is 6.48. The molecule has 0 aliphatic heterocycles. The number of aromatic nitrogens is 2. The van der Waals surface area contributed by atoms with Gasteiger partial charge in [-0.25, -0.2) is 9.97 Å². The largest absolute Gasteiger partial charge is 0.496 e. The Hall–Kier alpha value is -2.62. The SMILES string of the molecule is COc1ccccc1Cc1nc2ccccc2nc1OC(C)(C)C. The Morgan fingerprint density at radius 2 is 1.50 bits per heavy atom. The third-order valence-corrected chi connectivity index (χ3v) is 3.56. The zero-order valence-electron chi connectivity index (χ0n) is 14.5. The zero-order chi connectivity index (χ0) is 17.2. The molecule has 0 aliphatic carbocycles. The molecule has 0 N–H and O–H groups in total. The Balaban J connectivity index is 2.08. The van der Waals surface area contributed by atoms with E-state index in [0.29, 0.717) is 12.3 Å². The van der Waals surface area contributed by atoms with Gasteiger partial charge >= 0.3 is 0 Å². The Bertz CT molecular complexity index is 854. The molecule has 0 spiro atoms. The van der Waals surface area contributed by atoms with E-state index in [1.807, 2.05) is 69.3 Å². The topological polar surface area (TPSA) is 44.2 Å². The number of hydrogen-bond donors (Lipinski definition) is 0. The van der Waals surface area contributed by atoms with Gasteiger partial charge in [-0.05, 0) is 39.0 Å². The van der Waals surface area contributed by atoms with Gasteiger partial charge in [-0.15, -0.1) is 0 Å². The van der Waals surface area contributed by atoms with Gasteiger partial charge in [0.2, 0.25) is 5.88 Å². The van der Waals surface area contributed by atoms with Crippen LogP contribution in [0.25, 0.3) is 11.0 Å². The van der Waals surface area contributed by atoms with Gasteiger partial charge in [0.15, 0.2) is 0 Å². The fraction of sp³-hybridized carbons (Fsp3) is 0.300. The third kappa shape index (κ3) is 3.65. The predicted octanol–water partition coefficient (Wildman–Crippen LogP) is 4.41. The first-order valence-corrected chi connectivity index (χ1v) is 8.03. The highest BCUT2D eigenvalue weighted by Gasteiger charge is 2.19. The van der Waals surface area contributed by atoms with Crippen LogP contribution in [0.5, 0.6) is 11.6 Å². The summed E-state index contributed by atoms with van der Waals surface area (Å²) in [5.74, 6) is 1.42. The van der Waals surface area contributed by atoms with Crippen LogP contribution in [0.4, 0.5) is 0 Å². The summed E-state index contributed by atoms with van der Waals surface area (Å²) in [6.45, 7) is 6.03. The van der Waals surface area contributed by atoms with Gasteiger partial charge in [-0.2, -0.15) is 0 Å². The van der Waals surface area contributed by atoms with Crippen LogP contribution in [-0.4, -0.2) is 22.7 Å². The van der Waals surface area contributed by atoms with Gasteiger partial charge in [0.25, 0.3) is 0 Å². The number of rotatable bonds is 4. The lowest BCUT2D eigenvalue weighted by Gasteiger charge is -2.22. The van der Waals surface area contributed by atoms with Crippen molar-refractivity contribution in [2.75, 3.05) is 7.11 Å². The van der Waals surface area contributed by atoms with E-state index >= 15 is 0 Å². The smallest absolute Gasteiger partial charge is 0.237 e.